The Hall–Kier alpha value is -2.44. The molecule has 2 aromatic heterocycles. The monoisotopic (exact) mass is 277 g/mol. The number of aromatic amines is 1. The van der Waals surface area contributed by atoms with Crippen molar-refractivity contribution in [2.24, 2.45) is 5.92 Å². The number of aromatic nitrogens is 3. The van der Waals surface area contributed by atoms with Crippen LogP contribution in [0.1, 0.15) is 24.9 Å². The van der Waals surface area contributed by atoms with Crippen LogP contribution in [0.4, 0.5) is 0 Å². The largest absolute Gasteiger partial charge is 0.481 e. The summed E-state index contributed by atoms with van der Waals surface area (Å²) in [5.41, 5.74) is 0.851. The van der Waals surface area contributed by atoms with Crippen molar-refractivity contribution in [1.82, 2.24) is 15.2 Å². The number of carboxylic acid groups (broad SMARTS) is 1. The molecule has 1 atom stereocenters. The van der Waals surface area contributed by atoms with Crippen LogP contribution >= 0.6 is 0 Å². The standard InChI is InChI=1S/C13H15N3O4/c1-7(4-12(18)19)3-11-15-16-13(20-11)9-6-14-8(2)5-10(9)17/h5-7H,3-4H2,1-2H3,(H,14,17)(H,18,19). The van der Waals surface area contributed by atoms with Gasteiger partial charge in [-0.2, -0.15) is 0 Å². The van der Waals surface area contributed by atoms with Crippen molar-refractivity contribution in [3.63, 3.8) is 0 Å². The number of nitrogens with zero attached hydrogens (tertiary/aromatic N) is 2. The summed E-state index contributed by atoms with van der Waals surface area (Å²) >= 11 is 0. The van der Waals surface area contributed by atoms with Gasteiger partial charge in [-0.1, -0.05) is 6.92 Å². The third kappa shape index (κ3) is 3.31. The lowest BCUT2D eigenvalue weighted by Crippen LogP contribution is -2.07. The molecule has 0 aromatic carbocycles. The van der Waals surface area contributed by atoms with Crippen LogP contribution in [0.5, 0.6) is 0 Å². The fourth-order valence-corrected chi connectivity index (χ4v) is 1.85. The Morgan fingerprint density at radius 1 is 1.50 bits per heavy atom. The van der Waals surface area contributed by atoms with Crippen molar-refractivity contribution in [3.8, 4) is 11.5 Å². The number of hydrogen-bond donors (Lipinski definition) is 2. The van der Waals surface area contributed by atoms with Gasteiger partial charge >= 0.3 is 5.97 Å². The highest BCUT2D eigenvalue weighted by atomic mass is 16.4. The molecule has 0 fully saturated rings. The van der Waals surface area contributed by atoms with Gasteiger partial charge in [-0.3, -0.25) is 9.59 Å². The lowest BCUT2D eigenvalue weighted by Gasteiger charge is -2.03. The predicted molar refractivity (Wildman–Crippen MR) is 70.2 cm³/mol. The molecule has 0 saturated carbocycles. The molecule has 0 aliphatic heterocycles. The van der Waals surface area contributed by atoms with Crippen LogP contribution in [-0.4, -0.2) is 26.3 Å². The van der Waals surface area contributed by atoms with E-state index >= 15 is 0 Å². The van der Waals surface area contributed by atoms with E-state index in [1.807, 2.05) is 0 Å². The highest BCUT2D eigenvalue weighted by Crippen LogP contribution is 2.16. The molecule has 2 rings (SSSR count). The third-order valence-electron chi connectivity index (χ3n) is 2.80. The lowest BCUT2D eigenvalue weighted by atomic mass is 10.0. The number of aliphatic carboxylic acids is 1. The highest BCUT2D eigenvalue weighted by molar-refractivity contribution is 5.66. The number of carbonyl (C=O) groups is 1. The van der Waals surface area contributed by atoms with Gasteiger partial charge in [0.1, 0.15) is 5.56 Å². The minimum Gasteiger partial charge on any atom is -0.481 e. The molecule has 0 radical (unpaired) electrons. The summed E-state index contributed by atoms with van der Waals surface area (Å²) in [6.45, 7) is 3.56. The van der Waals surface area contributed by atoms with E-state index in [0.717, 1.165) is 5.69 Å². The van der Waals surface area contributed by atoms with Gasteiger partial charge in [-0.15, -0.1) is 10.2 Å². The van der Waals surface area contributed by atoms with Gasteiger partial charge < -0.3 is 14.5 Å². The summed E-state index contributed by atoms with van der Waals surface area (Å²) in [4.78, 5) is 25.3. The molecule has 106 valence electrons. The Balaban J connectivity index is 2.16. The Kier molecular flexibility index (Phi) is 3.97. The number of carboxylic acids is 1. The predicted octanol–water partition coefficient (Wildman–Crippen LogP) is 1.39. The summed E-state index contributed by atoms with van der Waals surface area (Å²) in [5, 5.41) is 16.4. The first-order valence-electron chi connectivity index (χ1n) is 6.19. The molecule has 1 unspecified atom stereocenters. The molecule has 0 aliphatic carbocycles. The van der Waals surface area contributed by atoms with E-state index in [1.165, 1.54) is 12.3 Å². The van der Waals surface area contributed by atoms with Gasteiger partial charge in [-0.05, 0) is 12.8 Å². The first-order chi connectivity index (χ1) is 9.45. The molecule has 2 N–H and O–H groups in total. The van der Waals surface area contributed by atoms with Gasteiger partial charge in [0.25, 0.3) is 5.89 Å². The molecule has 2 heterocycles. The molecular weight excluding hydrogens is 262 g/mol. The molecule has 7 heteroatoms. The van der Waals surface area contributed by atoms with Crippen molar-refractivity contribution >= 4 is 5.97 Å². The van der Waals surface area contributed by atoms with E-state index in [4.69, 9.17) is 9.52 Å². The van der Waals surface area contributed by atoms with Crippen LogP contribution in [0.15, 0.2) is 21.5 Å². The third-order valence-corrected chi connectivity index (χ3v) is 2.80. The highest BCUT2D eigenvalue weighted by Gasteiger charge is 2.15. The SMILES string of the molecule is Cc1cc(=O)c(-c2nnc(CC(C)CC(=O)O)o2)c[nH]1. The van der Waals surface area contributed by atoms with E-state index < -0.39 is 5.97 Å². The van der Waals surface area contributed by atoms with E-state index in [1.54, 1.807) is 13.8 Å². The second-order valence-electron chi connectivity index (χ2n) is 4.80. The van der Waals surface area contributed by atoms with Crippen molar-refractivity contribution in [2.45, 2.75) is 26.7 Å². The molecule has 2 aromatic rings. The van der Waals surface area contributed by atoms with Gasteiger partial charge in [0.2, 0.25) is 5.89 Å². The zero-order chi connectivity index (χ0) is 14.7. The average Bonchev–Trinajstić information content (AvgIpc) is 2.75. The summed E-state index contributed by atoms with van der Waals surface area (Å²) in [5.74, 6) is -0.512. The Labute approximate surface area is 114 Å². The minimum atomic E-state index is -0.868. The summed E-state index contributed by atoms with van der Waals surface area (Å²) in [7, 11) is 0. The van der Waals surface area contributed by atoms with Crippen molar-refractivity contribution in [1.29, 1.82) is 0 Å². The number of aryl methyl sites for hydroxylation is 1. The molecule has 20 heavy (non-hydrogen) atoms. The van der Waals surface area contributed by atoms with Crippen LogP contribution < -0.4 is 5.43 Å². The van der Waals surface area contributed by atoms with Gasteiger partial charge in [0, 0.05) is 30.8 Å². The fraction of sp³-hybridized carbons (Fsp3) is 0.385. The first kappa shape index (κ1) is 14.0. The normalized spacial score (nSPS) is 12.3. The zero-order valence-corrected chi connectivity index (χ0v) is 11.2. The summed E-state index contributed by atoms with van der Waals surface area (Å²) in [6.07, 6.45) is 1.92. The number of pyridine rings is 1. The fourth-order valence-electron chi connectivity index (χ4n) is 1.85. The Bertz CT molecular complexity index is 674. The molecule has 0 aliphatic rings. The van der Waals surface area contributed by atoms with Gasteiger partial charge in [0.05, 0.1) is 0 Å². The van der Waals surface area contributed by atoms with Gasteiger partial charge in [0.15, 0.2) is 5.43 Å². The smallest absolute Gasteiger partial charge is 0.303 e. The number of nitrogens with one attached hydrogen (secondary N) is 1. The molecule has 7 nitrogen and oxygen atoms in total. The van der Waals surface area contributed by atoms with E-state index in [0.29, 0.717) is 17.9 Å². The second kappa shape index (κ2) is 5.68. The van der Waals surface area contributed by atoms with E-state index in [9.17, 15) is 9.59 Å². The first-order valence-corrected chi connectivity index (χ1v) is 6.19. The van der Waals surface area contributed by atoms with Crippen LogP contribution in [0.2, 0.25) is 0 Å². The van der Waals surface area contributed by atoms with Gasteiger partial charge in [-0.25, -0.2) is 0 Å². The number of rotatable bonds is 5. The minimum absolute atomic E-state index is 0.0306. The van der Waals surface area contributed by atoms with E-state index in [2.05, 4.69) is 15.2 Å². The maximum absolute atomic E-state index is 11.8. The Morgan fingerprint density at radius 3 is 2.90 bits per heavy atom. The van der Waals surface area contributed by atoms with E-state index in [-0.39, 0.29) is 23.7 Å². The maximum Gasteiger partial charge on any atom is 0.303 e. The number of H-pyrrole nitrogens is 1. The molecular formula is C13H15N3O4. The maximum atomic E-state index is 11.8. The number of hydrogen-bond acceptors (Lipinski definition) is 5. The lowest BCUT2D eigenvalue weighted by molar-refractivity contribution is -0.137. The quantitative estimate of drug-likeness (QED) is 0.854. The van der Waals surface area contributed by atoms with Crippen molar-refractivity contribution in [2.75, 3.05) is 0 Å². The van der Waals surface area contributed by atoms with Crippen molar-refractivity contribution < 1.29 is 14.3 Å². The van der Waals surface area contributed by atoms with Crippen LogP contribution in [0.25, 0.3) is 11.5 Å². The molecule has 0 bridgehead atoms. The van der Waals surface area contributed by atoms with Crippen LogP contribution in [0, 0.1) is 12.8 Å². The summed E-state index contributed by atoms with van der Waals surface area (Å²) < 4.78 is 5.41. The molecule has 0 spiro atoms. The summed E-state index contributed by atoms with van der Waals surface area (Å²) in [6, 6.07) is 1.45. The second-order valence-corrected chi connectivity index (χ2v) is 4.80. The molecule has 0 saturated heterocycles. The van der Waals surface area contributed by atoms with Crippen LogP contribution in [0.3, 0.4) is 0 Å². The average molecular weight is 277 g/mol. The topological polar surface area (TPSA) is 109 Å². The zero-order valence-electron chi connectivity index (χ0n) is 11.2. The Morgan fingerprint density at radius 2 is 2.25 bits per heavy atom. The molecule has 0 amide bonds. The van der Waals surface area contributed by atoms with Crippen LogP contribution in [-0.2, 0) is 11.2 Å². The van der Waals surface area contributed by atoms with Crippen molar-refractivity contribution in [3.05, 3.63) is 34.1 Å².